The molecular weight excluding hydrogens is 1590 g/mol. The third kappa shape index (κ3) is 13.9. The van der Waals surface area contributed by atoms with E-state index in [1.165, 1.54) is 0 Å². The molecule has 8 aromatic heterocycles. The van der Waals surface area contributed by atoms with Crippen LogP contribution in [0.4, 0.5) is 0 Å². The Morgan fingerprint density at radius 1 is 0.339 bits per heavy atom. The molecule has 0 radical (unpaired) electrons. The quantitative estimate of drug-likeness (QED) is 0.0794. The second-order valence-electron chi connectivity index (χ2n) is 31.6. The topological polar surface area (TPSA) is 441 Å². The summed E-state index contributed by atoms with van der Waals surface area (Å²) in [7, 11) is 13.0. The van der Waals surface area contributed by atoms with Gasteiger partial charge in [0.25, 0.3) is 47.3 Å². The van der Waals surface area contributed by atoms with Gasteiger partial charge in [-0.25, -0.2) is 19.9 Å². The number of nitrogens with zero attached hydrogens (tertiary/aromatic N) is 12. The zero-order chi connectivity index (χ0) is 87.7. The maximum absolute atomic E-state index is 12.4. The van der Waals surface area contributed by atoms with Crippen LogP contribution in [0.25, 0.3) is 67.1 Å². The lowest BCUT2D eigenvalue weighted by Crippen LogP contribution is -2.41. The van der Waals surface area contributed by atoms with Gasteiger partial charge in [-0.1, -0.05) is 95.9 Å². The van der Waals surface area contributed by atoms with Crippen LogP contribution < -0.4 is 41.9 Å². The van der Waals surface area contributed by atoms with Crippen LogP contribution in [0.5, 0.6) is 23.0 Å². The van der Waals surface area contributed by atoms with Gasteiger partial charge >= 0.3 is 0 Å². The molecule has 12 aromatic rings. The molecule has 12 heterocycles. The average Bonchev–Trinajstić information content (AvgIpc) is 1.56. The highest BCUT2D eigenvalue weighted by molar-refractivity contribution is 5.99. The fraction of sp³-hybridized carbons (Fsp3) is 0.261. The number of hydrogen-bond donors (Lipinski definition) is 8. The van der Waals surface area contributed by atoms with Crippen LogP contribution >= 0.6 is 0 Å². The molecule has 4 aliphatic heterocycles. The van der Waals surface area contributed by atoms with Gasteiger partial charge in [-0.2, -0.15) is 0 Å². The summed E-state index contributed by atoms with van der Waals surface area (Å²) < 4.78 is 27.7. The van der Waals surface area contributed by atoms with Crippen molar-refractivity contribution in [2.24, 2.45) is 46.6 Å². The number of benzene rings is 4. The number of pyridine rings is 4. The normalized spacial score (nSPS) is 24.0. The molecule has 4 saturated heterocycles. The Morgan fingerprint density at radius 2 is 0.540 bits per heavy atom. The Morgan fingerprint density at radius 3 is 0.710 bits per heavy atom. The van der Waals surface area contributed by atoms with Crippen molar-refractivity contribution in [3.05, 3.63) is 216 Å². The van der Waals surface area contributed by atoms with Gasteiger partial charge in [-0.05, 0) is 98.5 Å². The van der Waals surface area contributed by atoms with Crippen LogP contribution in [0.3, 0.4) is 0 Å². The smallest absolute Gasteiger partial charge is 0.285 e. The maximum atomic E-state index is 12.4. The molecular formula is C92H80N16O16. The predicted molar refractivity (Wildman–Crippen MR) is 449 cm³/mol. The van der Waals surface area contributed by atoms with E-state index in [4.69, 9.17) is 41.9 Å². The number of carbonyl (C=O) groups is 8. The van der Waals surface area contributed by atoms with Gasteiger partial charge < -0.3 is 81.9 Å². The van der Waals surface area contributed by atoms with E-state index in [0.29, 0.717) is 90.1 Å². The first-order valence-corrected chi connectivity index (χ1v) is 39.3. The number of nitrogens with two attached hydrogens (primary N) is 4. The molecule has 20 rings (SSSR count). The third-order valence-electron chi connectivity index (χ3n) is 24.2. The zero-order valence-corrected chi connectivity index (χ0v) is 68.0. The first-order valence-electron chi connectivity index (χ1n) is 39.3. The Hall–Kier alpha value is -15.3. The molecule has 0 unspecified atom stereocenters. The van der Waals surface area contributed by atoms with Crippen LogP contribution in [0.1, 0.15) is 90.4 Å². The van der Waals surface area contributed by atoms with E-state index in [1.807, 2.05) is 24.3 Å². The number of hydrogen-bond acceptors (Lipinski definition) is 20. The number of primary amides is 4. The SMILES string of the molecule is COc1ccn2c(C(N)=O)nc(-c3cccc(C#C[C@@]4(O)C(=O)N(C)[C@@H]5C[C@@H]54)c3)c2c1.COc1ccn2c(C(N)=O)nc(-c3cccc(C#C[C@@]4(O)C(=O)N(C)[C@H]5C[C@H]54)c3)c2c1.COc1ccn2c(C(N)=O)nc(-c3cccc(C#C[C@]4(O)C(=O)N(C)[C@@H]5C[C@@H]54)c3)c2c1.COc1ccn2c(C(N)=O)nc(-c3cccc(C#C[C@]4(O)C(=O)N(C)[C@H]5C[C@H]54)c3)c2c1. The fourth-order valence-corrected chi connectivity index (χ4v) is 17.1. The van der Waals surface area contributed by atoms with Gasteiger partial charge in [0.15, 0.2) is 0 Å². The number of fused-ring (bicyclic) bond motifs is 8. The van der Waals surface area contributed by atoms with E-state index in [9.17, 15) is 58.8 Å². The molecule has 32 heteroatoms. The molecule has 12 N–H and O–H groups in total. The highest BCUT2D eigenvalue weighted by Gasteiger charge is 2.69. The molecule has 8 amide bonds. The van der Waals surface area contributed by atoms with Crippen molar-refractivity contribution >= 4 is 69.3 Å². The number of rotatable bonds is 12. The van der Waals surface area contributed by atoms with Crippen molar-refractivity contribution in [1.29, 1.82) is 0 Å². The second kappa shape index (κ2) is 30.4. The van der Waals surface area contributed by atoms with Gasteiger partial charge in [0.05, 0.1) is 73.3 Å². The predicted octanol–water partition coefficient (Wildman–Crippen LogP) is 4.21. The summed E-state index contributed by atoms with van der Waals surface area (Å²) in [4.78, 5) is 121. The molecule has 12 atom stereocenters. The third-order valence-corrected chi connectivity index (χ3v) is 24.2. The number of aromatic nitrogens is 8. The molecule has 4 saturated carbocycles. The average molecular weight is 1670 g/mol. The Kier molecular flexibility index (Phi) is 19.9. The Bertz CT molecular complexity index is 6090. The number of likely N-dealkylation sites (N-methyl/N-ethyl adjacent to an activating group) is 4. The van der Waals surface area contributed by atoms with Gasteiger partial charge in [0.2, 0.25) is 45.7 Å². The van der Waals surface area contributed by atoms with E-state index < -0.39 is 46.0 Å². The Balaban J connectivity index is 0.000000117. The van der Waals surface area contributed by atoms with Crippen molar-refractivity contribution in [2.75, 3.05) is 56.6 Å². The summed E-state index contributed by atoms with van der Waals surface area (Å²) in [5.41, 5.74) is 25.7. The van der Waals surface area contributed by atoms with E-state index >= 15 is 0 Å². The lowest BCUT2D eigenvalue weighted by molar-refractivity contribution is -0.141. The van der Waals surface area contributed by atoms with Crippen molar-refractivity contribution in [1.82, 2.24) is 57.1 Å². The Labute approximate surface area is 707 Å². The van der Waals surface area contributed by atoms with E-state index in [1.54, 1.807) is 240 Å². The molecule has 4 aliphatic carbocycles. The first kappa shape index (κ1) is 81.1. The molecule has 32 nitrogen and oxygen atoms in total. The van der Waals surface area contributed by atoms with Gasteiger partial charge in [0, 0.05) is 170 Å². The number of amides is 8. The minimum atomic E-state index is -1.64. The monoisotopic (exact) mass is 1660 g/mol. The highest BCUT2D eigenvalue weighted by atomic mass is 16.5. The van der Waals surface area contributed by atoms with Crippen molar-refractivity contribution in [2.45, 2.75) is 72.3 Å². The van der Waals surface area contributed by atoms with Gasteiger partial charge in [0.1, 0.15) is 23.0 Å². The van der Waals surface area contributed by atoms with Crippen LogP contribution in [0.15, 0.2) is 170 Å². The summed E-state index contributed by atoms with van der Waals surface area (Å²) >= 11 is 0. The lowest BCUT2D eigenvalue weighted by Gasteiger charge is -2.18. The maximum Gasteiger partial charge on any atom is 0.285 e. The first-order chi connectivity index (χ1) is 59.3. The standard InChI is InChI=1S/4C23H20N4O4/c4*1-26-17-12-16(17)23(30,22(26)29)8-6-13-4-3-5-14(10-13)19-18-11-15(31-2)7-9-27(18)21(25-19)20(24)28/h4*3-5,7,9-11,16-17,30H,12H2,1-2H3,(H2,24,28)/t2*16-,17+,23+;2*16-,17+,23-/m1010/s1. The number of carbonyl (C=O) groups excluding carboxylic acids is 8. The lowest BCUT2D eigenvalue weighted by atomic mass is 9.98. The minimum Gasteiger partial charge on any atom is -0.497 e. The van der Waals surface area contributed by atoms with E-state index in [-0.39, 0.29) is 94.8 Å². The number of likely N-dealkylation sites (tertiary alicyclic amines) is 4. The van der Waals surface area contributed by atoms with Crippen LogP contribution in [0, 0.1) is 71.0 Å². The molecule has 0 spiro atoms. The highest BCUT2D eigenvalue weighted by Crippen LogP contribution is 2.54. The van der Waals surface area contributed by atoms with Gasteiger partial charge in [-0.3, -0.25) is 56.0 Å². The number of ether oxygens (including phenoxy) is 4. The van der Waals surface area contributed by atoms with Crippen molar-refractivity contribution in [3.63, 3.8) is 0 Å². The largest absolute Gasteiger partial charge is 0.497 e. The molecule has 0 bridgehead atoms. The van der Waals surface area contributed by atoms with Crippen molar-refractivity contribution < 1.29 is 77.7 Å². The number of imidazole rings is 4. The van der Waals surface area contributed by atoms with E-state index in [2.05, 4.69) is 67.3 Å². The van der Waals surface area contributed by atoms with Crippen molar-refractivity contribution in [3.8, 4) is 115 Å². The van der Waals surface area contributed by atoms with E-state index in [0.717, 1.165) is 47.9 Å². The summed E-state index contributed by atoms with van der Waals surface area (Å²) in [5.74, 6) is 21.4. The molecule has 8 fully saturated rings. The molecule has 4 aromatic carbocycles. The fourth-order valence-electron chi connectivity index (χ4n) is 17.1. The second-order valence-corrected chi connectivity index (χ2v) is 31.6. The zero-order valence-electron chi connectivity index (χ0n) is 68.0. The summed E-state index contributed by atoms with van der Waals surface area (Å²) in [6, 6.07) is 43.3. The molecule has 8 aliphatic rings. The summed E-state index contributed by atoms with van der Waals surface area (Å²) in [5, 5.41) is 43.2. The van der Waals surface area contributed by atoms with Gasteiger partial charge in [-0.15, -0.1) is 0 Å². The number of aliphatic hydroxyl groups is 4. The molecule has 624 valence electrons. The van der Waals surface area contributed by atoms with Crippen LogP contribution in [-0.4, -0.2) is 228 Å². The summed E-state index contributed by atoms with van der Waals surface area (Å²) in [6.45, 7) is 0. The minimum absolute atomic E-state index is 0.0808. The summed E-state index contributed by atoms with van der Waals surface area (Å²) in [6.07, 6.45) is 9.79. The number of piperidine rings is 4. The van der Waals surface area contributed by atoms with Crippen LogP contribution in [0.2, 0.25) is 0 Å². The van der Waals surface area contributed by atoms with Crippen LogP contribution in [-0.2, 0) is 19.2 Å². The molecule has 124 heavy (non-hydrogen) atoms. The number of methoxy groups -OCH3 is 4.